The highest BCUT2D eigenvalue weighted by Crippen LogP contribution is 2.27. The van der Waals surface area contributed by atoms with Crippen LogP contribution in [0.5, 0.6) is 5.75 Å². The molecule has 5 nitrogen and oxygen atoms in total. The summed E-state index contributed by atoms with van der Waals surface area (Å²) in [5.41, 5.74) is 0. The lowest BCUT2D eigenvalue weighted by atomic mass is 10.1. The van der Waals surface area contributed by atoms with E-state index in [1.807, 2.05) is 0 Å². The Balaban J connectivity index is 2.09. The van der Waals surface area contributed by atoms with Gasteiger partial charge in [-0.15, -0.1) is 0 Å². The second-order valence-corrected chi connectivity index (χ2v) is 4.98. The molecule has 0 aliphatic carbocycles. The number of hydrogen-bond acceptors (Lipinski definition) is 5. The molecule has 0 spiro atoms. The summed E-state index contributed by atoms with van der Waals surface area (Å²) in [5.74, 6) is -4.48. The van der Waals surface area contributed by atoms with E-state index in [9.17, 15) is 23.1 Å². The number of halogens is 3. The smallest absolute Gasteiger partial charge is 0.487 e. The van der Waals surface area contributed by atoms with Crippen LogP contribution in [-0.4, -0.2) is 42.2 Å². The minimum Gasteiger partial charge on any atom is -0.487 e. The third kappa shape index (κ3) is 4.11. The van der Waals surface area contributed by atoms with Gasteiger partial charge in [0.15, 0.2) is 6.61 Å². The van der Waals surface area contributed by atoms with Crippen molar-refractivity contribution < 1.29 is 32.5 Å². The maximum atomic E-state index is 12.4. The van der Waals surface area contributed by atoms with Gasteiger partial charge < -0.3 is 19.9 Å². The number of ether oxygens (including phenoxy) is 2. The molecule has 1 aromatic carbocycles. The van der Waals surface area contributed by atoms with Crippen molar-refractivity contribution in [3.8, 4) is 5.75 Å². The second-order valence-electron chi connectivity index (χ2n) is 4.98. The van der Waals surface area contributed by atoms with Crippen LogP contribution in [0.4, 0.5) is 13.2 Å². The van der Waals surface area contributed by atoms with Crippen LogP contribution >= 0.6 is 0 Å². The molecular formula is C14H16F3NO4. The van der Waals surface area contributed by atoms with Crippen molar-refractivity contribution in [2.75, 3.05) is 13.2 Å². The van der Waals surface area contributed by atoms with Gasteiger partial charge in [-0.2, -0.15) is 13.2 Å². The zero-order valence-electron chi connectivity index (χ0n) is 11.6. The summed E-state index contributed by atoms with van der Waals surface area (Å²) in [4.78, 5) is 11.1. The molecule has 2 N–H and O–H groups in total. The van der Waals surface area contributed by atoms with E-state index >= 15 is 0 Å². The fourth-order valence-corrected chi connectivity index (χ4v) is 2.19. The van der Waals surface area contributed by atoms with Crippen molar-refractivity contribution in [3.05, 3.63) is 30.3 Å². The first-order valence-corrected chi connectivity index (χ1v) is 6.75. The first kappa shape index (κ1) is 16.6. The number of alkyl halides is 3. The number of carbonyl (C=O) groups is 1. The number of para-hydroxylation sites is 1. The zero-order valence-corrected chi connectivity index (χ0v) is 11.6. The minimum atomic E-state index is -5.18. The van der Waals surface area contributed by atoms with Crippen molar-refractivity contribution in [1.29, 1.82) is 0 Å². The predicted molar refractivity (Wildman–Crippen MR) is 70.1 cm³/mol. The van der Waals surface area contributed by atoms with Crippen molar-refractivity contribution in [1.82, 2.24) is 5.32 Å². The summed E-state index contributed by atoms with van der Waals surface area (Å²) < 4.78 is 46.7. The van der Waals surface area contributed by atoms with Crippen molar-refractivity contribution in [2.24, 2.45) is 0 Å². The van der Waals surface area contributed by atoms with E-state index in [2.05, 4.69) is 10.1 Å². The van der Waals surface area contributed by atoms with Gasteiger partial charge in [-0.1, -0.05) is 18.2 Å². The molecule has 1 heterocycles. The molecule has 1 aliphatic heterocycles. The normalized spacial score (nSPS) is 21.2. The average Bonchev–Trinajstić information content (AvgIpc) is 3.00. The average molecular weight is 319 g/mol. The number of carbonyl (C=O) groups excluding carboxylic acids is 1. The number of rotatable bonds is 5. The van der Waals surface area contributed by atoms with Crippen molar-refractivity contribution in [3.63, 3.8) is 0 Å². The van der Waals surface area contributed by atoms with E-state index < -0.39 is 30.6 Å². The third-order valence-electron chi connectivity index (χ3n) is 3.29. The highest BCUT2D eigenvalue weighted by Gasteiger charge is 2.50. The van der Waals surface area contributed by atoms with Gasteiger partial charge in [0.25, 0.3) is 5.79 Å². The summed E-state index contributed by atoms with van der Waals surface area (Å²) in [6.45, 7) is -0.0849. The lowest BCUT2D eigenvalue weighted by Crippen LogP contribution is -2.56. The van der Waals surface area contributed by atoms with Gasteiger partial charge >= 0.3 is 12.1 Å². The van der Waals surface area contributed by atoms with Gasteiger partial charge in [-0.25, -0.2) is 4.79 Å². The molecule has 8 heteroatoms. The SMILES string of the molecule is O=C(OC(O)(COc1ccccc1)[C@H]1CCCN1)C(F)(F)F. The molecule has 1 fully saturated rings. The monoisotopic (exact) mass is 319 g/mol. The number of benzene rings is 1. The van der Waals surface area contributed by atoms with Gasteiger partial charge in [0.1, 0.15) is 5.75 Å². The molecule has 0 saturated carbocycles. The summed E-state index contributed by atoms with van der Waals surface area (Å²) in [6.07, 6.45) is -4.15. The minimum absolute atomic E-state index is 0.349. The first-order valence-electron chi connectivity index (χ1n) is 6.75. The second kappa shape index (κ2) is 6.53. The third-order valence-corrected chi connectivity index (χ3v) is 3.29. The molecule has 0 aromatic heterocycles. The number of nitrogens with one attached hydrogen (secondary N) is 1. The number of esters is 1. The molecule has 22 heavy (non-hydrogen) atoms. The maximum absolute atomic E-state index is 12.4. The standard InChI is InChI=1S/C14H16F3NO4/c15-14(16,17)12(19)22-13(20,11-7-4-8-18-11)9-21-10-5-2-1-3-6-10/h1-3,5-6,11,18,20H,4,7-9H2/t11-,13?/m1/s1. The fourth-order valence-electron chi connectivity index (χ4n) is 2.19. The topological polar surface area (TPSA) is 67.8 Å². The van der Waals surface area contributed by atoms with Crippen LogP contribution < -0.4 is 10.1 Å². The molecule has 2 rings (SSSR count). The van der Waals surface area contributed by atoms with Crippen LogP contribution in [-0.2, 0) is 9.53 Å². The molecule has 1 saturated heterocycles. The van der Waals surface area contributed by atoms with Gasteiger partial charge in [-0.05, 0) is 31.5 Å². The van der Waals surface area contributed by atoms with E-state index in [1.54, 1.807) is 30.3 Å². The van der Waals surface area contributed by atoms with Crippen LogP contribution in [0.2, 0.25) is 0 Å². The van der Waals surface area contributed by atoms with Crippen molar-refractivity contribution in [2.45, 2.75) is 30.8 Å². The Morgan fingerprint density at radius 3 is 2.55 bits per heavy atom. The molecule has 1 unspecified atom stereocenters. The maximum Gasteiger partial charge on any atom is 0.491 e. The highest BCUT2D eigenvalue weighted by atomic mass is 19.4. The lowest BCUT2D eigenvalue weighted by Gasteiger charge is -2.33. The molecule has 122 valence electrons. The molecule has 0 radical (unpaired) electrons. The quantitative estimate of drug-likeness (QED) is 0.637. The Bertz CT molecular complexity index is 503. The summed E-state index contributed by atoms with van der Waals surface area (Å²) in [6, 6.07) is 7.42. The molecule has 1 aromatic rings. The molecule has 0 amide bonds. The fraction of sp³-hybridized carbons (Fsp3) is 0.500. The van der Waals surface area contributed by atoms with Crippen LogP contribution in [0.15, 0.2) is 30.3 Å². The lowest BCUT2D eigenvalue weighted by molar-refractivity contribution is -0.261. The van der Waals surface area contributed by atoms with E-state index in [0.29, 0.717) is 25.1 Å². The molecule has 1 aliphatic rings. The van der Waals surface area contributed by atoms with Crippen LogP contribution in [0.1, 0.15) is 12.8 Å². The largest absolute Gasteiger partial charge is 0.491 e. The Morgan fingerprint density at radius 1 is 1.32 bits per heavy atom. The number of hydrogen-bond donors (Lipinski definition) is 2. The van der Waals surface area contributed by atoms with Gasteiger partial charge in [-0.3, -0.25) is 0 Å². The molecule has 0 bridgehead atoms. The summed E-state index contributed by atoms with van der Waals surface area (Å²) in [5, 5.41) is 13.2. The predicted octanol–water partition coefficient (Wildman–Crippen LogP) is 1.61. The van der Waals surface area contributed by atoms with E-state index in [-0.39, 0.29) is 0 Å². The number of aliphatic hydroxyl groups is 1. The van der Waals surface area contributed by atoms with Gasteiger partial charge in [0, 0.05) is 0 Å². The van der Waals surface area contributed by atoms with E-state index in [4.69, 9.17) is 4.74 Å². The molecular weight excluding hydrogens is 303 g/mol. The van der Waals surface area contributed by atoms with Crippen LogP contribution in [0.25, 0.3) is 0 Å². The zero-order chi connectivity index (χ0) is 16.2. The van der Waals surface area contributed by atoms with E-state index in [1.165, 1.54) is 0 Å². The summed E-state index contributed by atoms with van der Waals surface area (Å²) >= 11 is 0. The van der Waals surface area contributed by atoms with Gasteiger partial charge in [0.05, 0.1) is 6.04 Å². The summed E-state index contributed by atoms with van der Waals surface area (Å²) in [7, 11) is 0. The van der Waals surface area contributed by atoms with Crippen LogP contribution in [0, 0.1) is 0 Å². The first-order chi connectivity index (χ1) is 10.3. The molecule has 2 atom stereocenters. The Labute approximate surface area is 125 Å². The van der Waals surface area contributed by atoms with Crippen LogP contribution in [0.3, 0.4) is 0 Å². The Morgan fingerprint density at radius 2 is 2.00 bits per heavy atom. The Kier molecular flexibility index (Phi) is 4.92. The van der Waals surface area contributed by atoms with Crippen molar-refractivity contribution >= 4 is 5.97 Å². The van der Waals surface area contributed by atoms with Gasteiger partial charge in [0.2, 0.25) is 0 Å². The Hall–Kier alpha value is -1.80. The highest BCUT2D eigenvalue weighted by molar-refractivity contribution is 5.76. The van der Waals surface area contributed by atoms with E-state index in [0.717, 1.165) is 0 Å².